The van der Waals surface area contributed by atoms with Gasteiger partial charge in [-0.25, -0.2) is 0 Å². The minimum absolute atomic E-state index is 0. The number of aryl methyl sites for hydroxylation is 1. The van der Waals surface area contributed by atoms with Crippen molar-refractivity contribution in [3.05, 3.63) is 42.2 Å². The summed E-state index contributed by atoms with van der Waals surface area (Å²) >= 11 is 0. The molecule has 0 aliphatic carbocycles. The summed E-state index contributed by atoms with van der Waals surface area (Å²) in [6.07, 6.45) is 1.78. The molecule has 3 N–H and O–H groups in total. The van der Waals surface area contributed by atoms with Gasteiger partial charge < -0.3 is 11.1 Å². The smallest absolute Gasteiger partial charge is 0.276 e. The summed E-state index contributed by atoms with van der Waals surface area (Å²) in [6.45, 7) is 2.71. The van der Waals surface area contributed by atoms with E-state index in [0.29, 0.717) is 17.1 Å². The predicted octanol–water partition coefficient (Wildman–Crippen LogP) is 2.16. The van der Waals surface area contributed by atoms with Crippen LogP contribution >= 0.6 is 12.4 Å². The highest BCUT2D eigenvalue weighted by atomic mass is 35.5. The zero-order valence-corrected chi connectivity index (χ0v) is 10.8. The molecule has 1 aromatic heterocycles. The van der Waals surface area contributed by atoms with Crippen LogP contribution in [0.25, 0.3) is 0 Å². The van der Waals surface area contributed by atoms with Crippen molar-refractivity contribution in [2.75, 3.05) is 11.1 Å². The molecule has 2 rings (SSSR count). The third-order valence-electron chi connectivity index (χ3n) is 2.37. The first-order chi connectivity index (χ1) is 8.19. The Bertz CT molecular complexity index is 521. The van der Waals surface area contributed by atoms with Crippen LogP contribution in [0.3, 0.4) is 0 Å². The van der Waals surface area contributed by atoms with Gasteiger partial charge in [-0.1, -0.05) is 0 Å². The number of nitrogens with zero attached hydrogens (tertiary/aromatic N) is 2. The normalized spacial score (nSPS) is 9.61. The Kier molecular flexibility index (Phi) is 4.74. The molecular weight excluding hydrogens is 252 g/mol. The lowest BCUT2D eigenvalue weighted by Gasteiger charge is -2.03. The minimum Gasteiger partial charge on any atom is -0.399 e. The van der Waals surface area contributed by atoms with Crippen molar-refractivity contribution in [2.45, 2.75) is 13.5 Å². The van der Waals surface area contributed by atoms with Crippen LogP contribution < -0.4 is 11.1 Å². The van der Waals surface area contributed by atoms with E-state index in [4.69, 9.17) is 5.73 Å². The van der Waals surface area contributed by atoms with Gasteiger partial charge in [-0.15, -0.1) is 12.4 Å². The highest BCUT2D eigenvalue weighted by Gasteiger charge is 2.08. The van der Waals surface area contributed by atoms with Crippen LogP contribution in [0.2, 0.25) is 0 Å². The van der Waals surface area contributed by atoms with Gasteiger partial charge in [0.1, 0.15) is 0 Å². The van der Waals surface area contributed by atoms with Gasteiger partial charge in [0.2, 0.25) is 0 Å². The predicted molar refractivity (Wildman–Crippen MR) is 74.0 cm³/mol. The van der Waals surface area contributed by atoms with Gasteiger partial charge in [0.25, 0.3) is 5.91 Å². The Morgan fingerprint density at radius 3 is 2.56 bits per heavy atom. The van der Waals surface area contributed by atoms with Crippen molar-refractivity contribution < 1.29 is 4.79 Å². The van der Waals surface area contributed by atoms with Gasteiger partial charge in [0.05, 0.1) is 0 Å². The second kappa shape index (κ2) is 6.07. The number of carbonyl (C=O) groups is 1. The molecule has 5 nitrogen and oxygen atoms in total. The molecule has 0 atom stereocenters. The van der Waals surface area contributed by atoms with Crippen molar-refractivity contribution in [1.29, 1.82) is 0 Å². The second-order valence-electron chi connectivity index (χ2n) is 3.63. The van der Waals surface area contributed by atoms with E-state index < -0.39 is 0 Å². The van der Waals surface area contributed by atoms with E-state index in [1.165, 1.54) is 0 Å². The molecule has 2 aromatic rings. The summed E-state index contributed by atoms with van der Waals surface area (Å²) in [5, 5.41) is 6.87. The van der Waals surface area contributed by atoms with E-state index in [2.05, 4.69) is 10.4 Å². The molecule has 18 heavy (non-hydrogen) atoms. The van der Waals surface area contributed by atoms with Gasteiger partial charge in [-0.2, -0.15) is 5.10 Å². The zero-order chi connectivity index (χ0) is 12.3. The number of hydrogen-bond donors (Lipinski definition) is 2. The largest absolute Gasteiger partial charge is 0.399 e. The Morgan fingerprint density at radius 1 is 1.33 bits per heavy atom. The van der Waals surface area contributed by atoms with Crippen LogP contribution in [-0.2, 0) is 6.54 Å². The molecule has 0 unspecified atom stereocenters. The average molecular weight is 267 g/mol. The maximum atomic E-state index is 11.8. The van der Waals surface area contributed by atoms with Crippen molar-refractivity contribution in [2.24, 2.45) is 0 Å². The number of rotatable bonds is 3. The van der Waals surface area contributed by atoms with E-state index in [1.807, 2.05) is 6.92 Å². The summed E-state index contributed by atoms with van der Waals surface area (Å²) in [7, 11) is 0. The number of hydrogen-bond acceptors (Lipinski definition) is 3. The number of nitrogen functional groups attached to an aromatic ring is 1. The third-order valence-corrected chi connectivity index (χ3v) is 2.37. The van der Waals surface area contributed by atoms with Crippen LogP contribution in [-0.4, -0.2) is 15.7 Å². The van der Waals surface area contributed by atoms with Crippen molar-refractivity contribution >= 4 is 29.7 Å². The Labute approximate surface area is 111 Å². The number of anilines is 2. The minimum atomic E-state index is -0.220. The molecule has 0 saturated heterocycles. The number of amides is 1. The molecule has 0 radical (unpaired) electrons. The quantitative estimate of drug-likeness (QED) is 0.836. The fourth-order valence-corrected chi connectivity index (χ4v) is 1.42. The molecule has 0 saturated carbocycles. The number of halogens is 1. The van der Waals surface area contributed by atoms with E-state index in [0.717, 1.165) is 6.54 Å². The van der Waals surface area contributed by atoms with Gasteiger partial charge in [0, 0.05) is 24.1 Å². The lowest BCUT2D eigenvalue weighted by atomic mass is 10.3. The van der Waals surface area contributed by atoms with E-state index in [9.17, 15) is 4.79 Å². The monoisotopic (exact) mass is 266 g/mol. The van der Waals surface area contributed by atoms with Gasteiger partial charge in [-0.3, -0.25) is 9.48 Å². The third kappa shape index (κ3) is 3.24. The molecule has 0 fully saturated rings. The first-order valence-electron chi connectivity index (χ1n) is 5.39. The maximum absolute atomic E-state index is 11.8. The Morgan fingerprint density at radius 2 is 2.00 bits per heavy atom. The van der Waals surface area contributed by atoms with Crippen LogP contribution in [0.5, 0.6) is 0 Å². The first-order valence-corrected chi connectivity index (χ1v) is 5.39. The summed E-state index contributed by atoms with van der Waals surface area (Å²) in [5.41, 5.74) is 7.34. The average Bonchev–Trinajstić information content (AvgIpc) is 2.81. The highest BCUT2D eigenvalue weighted by Crippen LogP contribution is 2.11. The second-order valence-corrected chi connectivity index (χ2v) is 3.63. The van der Waals surface area contributed by atoms with Crippen LogP contribution in [0.4, 0.5) is 11.4 Å². The van der Waals surface area contributed by atoms with Gasteiger partial charge in [0.15, 0.2) is 5.69 Å². The molecular formula is C12H15ClN4O. The lowest BCUT2D eigenvalue weighted by molar-refractivity contribution is 0.102. The van der Waals surface area contributed by atoms with Crippen LogP contribution in [0, 0.1) is 0 Å². The molecule has 6 heteroatoms. The molecule has 0 spiro atoms. The number of nitrogens with two attached hydrogens (primary N) is 1. The first kappa shape index (κ1) is 14.1. The summed E-state index contributed by atoms with van der Waals surface area (Å²) in [5.74, 6) is -0.220. The lowest BCUT2D eigenvalue weighted by Crippen LogP contribution is -2.13. The topological polar surface area (TPSA) is 72.9 Å². The molecule has 96 valence electrons. The van der Waals surface area contributed by atoms with E-state index in [-0.39, 0.29) is 18.3 Å². The summed E-state index contributed by atoms with van der Waals surface area (Å²) in [4.78, 5) is 11.8. The fraction of sp³-hybridized carbons (Fsp3) is 0.167. The molecule has 1 amide bonds. The number of nitrogens with one attached hydrogen (secondary N) is 1. The fourth-order valence-electron chi connectivity index (χ4n) is 1.42. The van der Waals surface area contributed by atoms with E-state index in [1.54, 1.807) is 41.2 Å². The van der Waals surface area contributed by atoms with Crippen molar-refractivity contribution in [3.63, 3.8) is 0 Å². The number of carbonyl (C=O) groups excluding carboxylic acids is 1. The molecule has 0 aliphatic heterocycles. The summed E-state index contributed by atoms with van der Waals surface area (Å²) in [6, 6.07) is 8.67. The summed E-state index contributed by atoms with van der Waals surface area (Å²) < 4.78 is 1.71. The Balaban J connectivity index is 0.00000162. The SMILES string of the molecule is CCn1ccc(C(=O)Nc2ccc(N)cc2)n1.Cl. The zero-order valence-electron chi connectivity index (χ0n) is 9.96. The van der Waals surface area contributed by atoms with Gasteiger partial charge >= 0.3 is 0 Å². The van der Waals surface area contributed by atoms with Crippen molar-refractivity contribution in [1.82, 2.24) is 9.78 Å². The Hall–Kier alpha value is -2.01. The number of aromatic nitrogens is 2. The van der Waals surface area contributed by atoms with E-state index >= 15 is 0 Å². The standard InChI is InChI=1S/C12H14N4O.ClH/c1-2-16-8-7-11(15-16)12(17)14-10-5-3-9(13)4-6-10;/h3-8H,2,13H2,1H3,(H,14,17);1H. The molecule has 0 bridgehead atoms. The van der Waals surface area contributed by atoms with Crippen molar-refractivity contribution in [3.8, 4) is 0 Å². The maximum Gasteiger partial charge on any atom is 0.276 e. The highest BCUT2D eigenvalue weighted by molar-refractivity contribution is 6.02. The molecule has 1 aromatic carbocycles. The number of benzene rings is 1. The van der Waals surface area contributed by atoms with Crippen LogP contribution in [0.15, 0.2) is 36.5 Å². The van der Waals surface area contributed by atoms with Crippen LogP contribution in [0.1, 0.15) is 17.4 Å². The molecule has 0 aliphatic rings. The van der Waals surface area contributed by atoms with Gasteiger partial charge in [-0.05, 0) is 37.3 Å². The molecule has 1 heterocycles.